The van der Waals surface area contributed by atoms with Gasteiger partial charge in [-0.2, -0.15) is 5.26 Å². The zero-order valence-corrected chi connectivity index (χ0v) is 16.0. The zero-order chi connectivity index (χ0) is 21.9. The second kappa shape index (κ2) is 8.53. The predicted molar refractivity (Wildman–Crippen MR) is 98.8 cm³/mol. The molecule has 1 fully saturated rings. The molecule has 11 heteroatoms. The van der Waals surface area contributed by atoms with Gasteiger partial charge in [0.15, 0.2) is 10.7 Å². The number of nitrogens with zero attached hydrogens (tertiary/aromatic N) is 2. The highest BCUT2D eigenvalue weighted by atomic mass is 32.2. The molecule has 154 valence electrons. The maximum atomic E-state index is 14.8. The number of carbonyl (C=O) groups excluding carboxylic acids is 1. The average Bonchev–Trinajstić information content (AvgIpc) is 3.21. The molecule has 0 radical (unpaired) electrons. The van der Waals surface area contributed by atoms with Crippen LogP contribution in [0.3, 0.4) is 0 Å². The van der Waals surface area contributed by atoms with E-state index in [0.717, 1.165) is 18.2 Å². The van der Waals surface area contributed by atoms with Crippen molar-refractivity contribution in [3.05, 3.63) is 63.2 Å². The van der Waals surface area contributed by atoms with E-state index in [2.05, 4.69) is 15.6 Å². The Morgan fingerprint density at radius 1 is 1.20 bits per heavy atom. The lowest BCUT2D eigenvalue weighted by molar-refractivity contribution is 0.101. The molecule has 0 spiro atoms. The highest BCUT2D eigenvalue weighted by Crippen LogP contribution is 2.25. The van der Waals surface area contributed by atoms with Gasteiger partial charge in [-0.05, 0) is 36.8 Å². The van der Waals surface area contributed by atoms with E-state index in [1.54, 1.807) is 6.07 Å². The largest absolute Gasteiger partial charge is 0.513 e. The quantitative estimate of drug-likeness (QED) is 0.796. The monoisotopic (exact) mass is 436 g/mol. The number of benzene rings is 2. The van der Waals surface area contributed by atoms with Gasteiger partial charge in [0.2, 0.25) is 0 Å². The van der Waals surface area contributed by atoms with Crippen molar-refractivity contribution in [3.63, 3.8) is 0 Å². The number of ether oxygens (including phenoxy) is 1. The van der Waals surface area contributed by atoms with E-state index in [-0.39, 0.29) is 18.2 Å². The van der Waals surface area contributed by atoms with Crippen LogP contribution in [0.4, 0.5) is 18.9 Å². The molecule has 0 aliphatic carbocycles. The molecule has 0 saturated carbocycles. The van der Waals surface area contributed by atoms with Crippen LogP contribution in [0.1, 0.15) is 22.3 Å². The Bertz CT molecular complexity index is 1220. The van der Waals surface area contributed by atoms with E-state index in [0.29, 0.717) is 25.2 Å². The molecule has 1 saturated heterocycles. The maximum absolute atomic E-state index is 14.8. The topological polar surface area (TPSA) is 101 Å². The van der Waals surface area contributed by atoms with Crippen LogP contribution in [0.2, 0.25) is 0 Å². The number of sulfonamides is 1. The summed E-state index contributed by atoms with van der Waals surface area (Å²) < 4.78 is 75.3. The highest BCUT2D eigenvalue weighted by Gasteiger charge is 2.34. The van der Waals surface area contributed by atoms with Crippen LogP contribution >= 0.6 is 0 Å². The molecule has 2 aromatic rings. The molecule has 1 amide bonds. The Balaban J connectivity index is 1.94. The van der Waals surface area contributed by atoms with Crippen LogP contribution in [0, 0.1) is 40.8 Å². The molecule has 3 rings (SSSR count). The van der Waals surface area contributed by atoms with Crippen molar-refractivity contribution < 1.29 is 31.1 Å². The predicted octanol–water partition coefficient (Wildman–Crippen LogP) is 3.29. The van der Waals surface area contributed by atoms with Crippen molar-refractivity contribution in [2.75, 3.05) is 18.5 Å². The van der Waals surface area contributed by atoms with Crippen molar-refractivity contribution in [3.8, 4) is 12.1 Å². The third-order valence-corrected chi connectivity index (χ3v) is 5.41. The summed E-state index contributed by atoms with van der Waals surface area (Å²) in [6, 6.07) is 8.11. The summed E-state index contributed by atoms with van der Waals surface area (Å²) in [6.07, 6.45) is 0.501. The number of amides is 1. The molecule has 30 heavy (non-hydrogen) atoms. The van der Waals surface area contributed by atoms with Crippen LogP contribution < -0.4 is 5.32 Å². The summed E-state index contributed by atoms with van der Waals surface area (Å²) in [7, 11) is -4.60. The van der Waals surface area contributed by atoms with E-state index in [1.807, 2.05) is 0 Å². The molecule has 7 nitrogen and oxygen atoms in total. The Hall–Kier alpha value is -3.41. The smallest absolute Gasteiger partial charge is 0.380 e. The fourth-order valence-corrected chi connectivity index (χ4v) is 3.61. The SMILES string of the molecule is N#Cc1cc(NC(=O)c2c(F)ccc(S(=O)(=O)[N+]#CC3CCOC3)c2F)ccc1F. The summed E-state index contributed by atoms with van der Waals surface area (Å²) in [6.45, 7) is 0.639. The summed E-state index contributed by atoms with van der Waals surface area (Å²) in [4.78, 5) is 11.4. The molecule has 0 bridgehead atoms. The molecule has 1 unspecified atom stereocenters. The van der Waals surface area contributed by atoms with Crippen molar-refractivity contribution >= 4 is 21.6 Å². The second-order valence-corrected chi connectivity index (χ2v) is 7.82. The second-order valence-electron chi connectivity index (χ2n) is 6.25. The highest BCUT2D eigenvalue weighted by molar-refractivity contribution is 7.93. The maximum Gasteiger partial charge on any atom is 0.513 e. The number of carbonyl (C=O) groups is 1. The average molecular weight is 436 g/mol. The number of rotatable bonds is 3. The fraction of sp³-hybridized carbons (Fsp3) is 0.211. The van der Waals surface area contributed by atoms with Crippen LogP contribution in [-0.2, 0) is 14.8 Å². The summed E-state index contributed by atoms with van der Waals surface area (Å²) >= 11 is 0. The Kier molecular flexibility index (Phi) is 6.06. The van der Waals surface area contributed by atoms with Crippen LogP contribution in [-0.4, -0.2) is 27.5 Å². The molecule has 2 aromatic carbocycles. The molecule has 1 heterocycles. The molecule has 1 atom stereocenters. The van der Waals surface area contributed by atoms with Crippen molar-refractivity contribution in [2.45, 2.75) is 11.3 Å². The molecular formula is C19H13F3N3O4S+. The lowest BCUT2D eigenvalue weighted by Gasteiger charge is -2.08. The van der Waals surface area contributed by atoms with Crippen LogP contribution in [0.5, 0.6) is 0 Å². The van der Waals surface area contributed by atoms with Gasteiger partial charge in [-0.3, -0.25) is 4.79 Å². The third kappa shape index (κ3) is 4.43. The summed E-state index contributed by atoms with van der Waals surface area (Å²) in [5, 5.41) is 10.9. The molecule has 1 N–H and O–H groups in total. The minimum atomic E-state index is -4.60. The van der Waals surface area contributed by atoms with E-state index in [4.69, 9.17) is 10.00 Å². The normalized spacial score (nSPS) is 15.7. The fourth-order valence-electron chi connectivity index (χ4n) is 2.65. The van der Waals surface area contributed by atoms with Crippen LogP contribution in [0.25, 0.3) is 4.25 Å². The van der Waals surface area contributed by atoms with Gasteiger partial charge in [0.25, 0.3) is 5.91 Å². The van der Waals surface area contributed by atoms with E-state index in [1.165, 1.54) is 0 Å². The van der Waals surface area contributed by atoms with Gasteiger partial charge < -0.3 is 10.1 Å². The first kappa shape index (κ1) is 21.3. The summed E-state index contributed by atoms with van der Waals surface area (Å²) in [5.74, 6) is -5.50. The molecule has 0 aromatic heterocycles. The number of hydrogen-bond donors (Lipinski definition) is 1. The van der Waals surface area contributed by atoms with Gasteiger partial charge in [-0.25, -0.2) is 13.2 Å². The lowest BCUT2D eigenvalue weighted by atomic mass is 10.1. The zero-order valence-electron chi connectivity index (χ0n) is 15.2. The van der Waals surface area contributed by atoms with Crippen molar-refractivity contribution in [2.24, 2.45) is 5.92 Å². The van der Waals surface area contributed by atoms with Crippen molar-refractivity contribution in [1.29, 1.82) is 5.26 Å². The number of nitriles is 1. The first-order valence-electron chi connectivity index (χ1n) is 8.52. The Morgan fingerprint density at radius 2 is 1.93 bits per heavy atom. The first-order chi connectivity index (χ1) is 14.2. The first-order valence-corrected chi connectivity index (χ1v) is 9.96. The molecule has 1 aliphatic heterocycles. The molecule has 1 aliphatic rings. The number of anilines is 1. The van der Waals surface area contributed by atoms with Gasteiger partial charge in [0, 0.05) is 12.3 Å². The Morgan fingerprint density at radius 3 is 2.60 bits per heavy atom. The number of nitrogens with one attached hydrogen (secondary N) is 1. The van der Waals surface area contributed by atoms with Gasteiger partial charge in [0.1, 0.15) is 29.2 Å². The number of halogens is 3. The summed E-state index contributed by atoms with van der Waals surface area (Å²) in [5.41, 5.74) is -1.68. The van der Waals surface area contributed by atoms with Gasteiger partial charge in [-0.1, -0.05) is 0 Å². The number of hydrogen-bond acceptors (Lipinski definition) is 5. The Labute approximate surface area is 169 Å². The van der Waals surface area contributed by atoms with E-state index >= 15 is 0 Å². The van der Waals surface area contributed by atoms with Crippen molar-refractivity contribution in [1.82, 2.24) is 0 Å². The van der Waals surface area contributed by atoms with Crippen LogP contribution in [0.15, 0.2) is 35.2 Å². The minimum Gasteiger partial charge on any atom is -0.380 e. The van der Waals surface area contributed by atoms with Gasteiger partial charge in [0.05, 0.1) is 16.4 Å². The molecular weight excluding hydrogens is 423 g/mol. The standard InChI is InChI=1S/C19H12F3N3O4S/c20-14-2-1-13(7-12(14)8-23)25-19(26)17-15(21)3-4-16(18(17)22)30(27,28)24-9-11-5-6-29-10-11/h1-4,7,11H,5-6,10H2/p+1. The third-order valence-electron chi connectivity index (χ3n) is 4.19. The minimum absolute atomic E-state index is 0.113. The van der Waals surface area contributed by atoms with E-state index < -0.39 is 49.4 Å². The lowest BCUT2D eigenvalue weighted by Crippen LogP contribution is -2.18. The van der Waals surface area contributed by atoms with E-state index in [9.17, 15) is 26.4 Å². The van der Waals surface area contributed by atoms with Gasteiger partial charge in [-0.15, -0.1) is 8.42 Å². The van der Waals surface area contributed by atoms with Gasteiger partial charge >= 0.3 is 16.1 Å².